The standard InChI is InChI=1S/C19H24N4O3/c24-17-12-14(13-23(17)16-6-7-16)18(25)21-8-10-22(11-9-21)19(26)20-15-4-2-1-3-5-15/h1-5,14,16H,6-13H2,(H,20,26). The van der Waals surface area contributed by atoms with E-state index in [-0.39, 0.29) is 23.8 Å². The van der Waals surface area contributed by atoms with E-state index < -0.39 is 0 Å². The van der Waals surface area contributed by atoms with Crippen molar-refractivity contribution in [3.05, 3.63) is 30.3 Å². The fourth-order valence-electron chi connectivity index (χ4n) is 3.75. The van der Waals surface area contributed by atoms with E-state index in [0.29, 0.717) is 45.2 Å². The van der Waals surface area contributed by atoms with E-state index in [9.17, 15) is 14.4 Å². The number of amides is 4. The Bertz CT molecular complexity index is 696. The zero-order valence-electron chi connectivity index (χ0n) is 14.8. The van der Waals surface area contributed by atoms with Gasteiger partial charge in [-0.2, -0.15) is 0 Å². The molecule has 4 amide bonds. The average molecular weight is 356 g/mol. The van der Waals surface area contributed by atoms with Gasteiger partial charge in [0.2, 0.25) is 11.8 Å². The highest BCUT2D eigenvalue weighted by atomic mass is 16.2. The summed E-state index contributed by atoms with van der Waals surface area (Å²) in [4.78, 5) is 42.5. The van der Waals surface area contributed by atoms with Crippen molar-refractivity contribution in [1.82, 2.24) is 14.7 Å². The van der Waals surface area contributed by atoms with Crippen LogP contribution in [0.5, 0.6) is 0 Å². The predicted molar refractivity (Wildman–Crippen MR) is 96.5 cm³/mol. The lowest BCUT2D eigenvalue weighted by Gasteiger charge is -2.35. The predicted octanol–water partition coefficient (Wildman–Crippen LogP) is 1.37. The third-order valence-corrected chi connectivity index (χ3v) is 5.40. The first-order valence-electron chi connectivity index (χ1n) is 9.31. The van der Waals surface area contributed by atoms with Gasteiger partial charge in [-0.15, -0.1) is 0 Å². The van der Waals surface area contributed by atoms with Crippen LogP contribution < -0.4 is 5.32 Å². The summed E-state index contributed by atoms with van der Waals surface area (Å²) in [6.45, 7) is 2.64. The molecule has 0 radical (unpaired) electrons. The number of anilines is 1. The van der Waals surface area contributed by atoms with Gasteiger partial charge in [0.25, 0.3) is 0 Å². The van der Waals surface area contributed by atoms with E-state index in [0.717, 1.165) is 18.5 Å². The lowest BCUT2D eigenvalue weighted by Crippen LogP contribution is -2.53. The molecule has 1 aromatic rings. The number of carbonyl (C=O) groups is 3. The molecule has 0 bridgehead atoms. The van der Waals surface area contributed by atoms with Gasteiger partial charge in [-0.05, 0) is 25.0 Å². The van der Waals surface area contributed by atoms with Crippen LogP contribution >= 0.6 is 0 Å². The maximum absolute atomic E-state index is 12.7. The number of carbonyl (C=O) groups excluding carboxylic acids is 3. The van der Waals surface area contributed by atoms with Crippen LogP contribution in [-0.2, 0) is 9.59 Å². The minimum absolute atomic E-state index is 0.0598. The number of urea groups is 1. The van der Waals surface area contributed by atoms with Crippen molar-refractivity contribution in [3.63, 3.8) is 0 Å². The van der Waals surface area contributed by atoms with Gasteiger partial charge in [0.05, 0.1) is 5.92 Å². The van der Waals surface area contributed by atoms with Gasteiger partial charge in [0.1, 0.15) is 0 Å². The fourth-order valence-corrected chi connectivity index (χ4v) is 3.75. The highest BCUT2D eigenvalue weighted by Gasteiger charge is 2.43. The summed E-state index contributed by atoms with van der Waals surface area (Å²) in [5, 5.41) is 2.87. The van der Waals surface area contributed by atoms with E-state index in [2.05, 4.69) is 5.32 Å². The molecular weight excluding hydrogens is 332 g/mol. The van der Waals surface area contributed by atoms with Gasteiger partial charge in [-0.3, -0.25) is 9.59 Å². The zero-order chi connectivity index (χ0) is 18.1. The molecule has 3 fully saturated rings. The quantitative estimate of drug-likeness (QED) is 0.889. The van der Waals surface area contributed by atoms with E-state index >= 15 is 0 Å². The molecule has 7 heteroatoms. The fraction of sp³-hybridized carbons (Fsp3) is 0.526. The Morgan fingerprint density at radius 3 is 2.27 bits per heavy atom. The molecule has 2 saturated heterocycles. The van der Waals surface area contributed by atoms with Crippen LogP contribution in [0.4, 0.5) is 10.5 Å². The summed E-state index contributed by atoms with van der Waals surface area (Å²) >= 11 is 0. The van der Waals surface area contributed by atoms with E-state index in [1.165, 1.54) is 0 Å². The Morgan fingerprint density at radius 2 is 1.62 bits per heavy atom. The smallest absolute Gasteiger partial charge is 0.321 e. The Balaban J connectivity index is 1.27. The van der Waals surface area contributed by atoms with Crippen molar-refractivity contribution < 1.29 is 14.4 Å². The van der Waals surface area contributed by atoms with Crippen LogP contribution in [0.25, 0.3) is 0 Å². The van der Waals surface area contributed by atoms with Crippen LogP contribution in [0.2, 0.25) is 0 Å². The lowest BCUT2D eigenvalue weighted by atomic mass is 10.1. The molecule has 138 valence electrons. The topological polar surface area (TPSA) is 73.0 Å². The van der Waals surface area contributed by atoms with Gasteiger partial charge >= 0.3 is 6.03 Å². The lowest BCUT2D eigenvalue weighted by molar-refractivity contribution is -0.137. The molecule has 0 aromatic heterocycles. The number of hydrogen-bond donors (Lipinski definition) is 1. The molecule has 3 aliphatic rings. The van der Waals surface area contributed by atoms with Crippen molar-refractivity contribution in [2.75, 3.05) is 38.0 Å². The molecule has 0 spiro atoms. The second kappa shape index (κ2) is 6.97. The molecular formula is C19H24N4O3. The van der Waals surface area contributed by atoms with E-state index in [4.69, 9.17) is 0 Å². The van der Waals surface area contributed by atoms with Crippen molar-refractivity contribution in [1.29, 1.82) is 0 Å². The van der Waals surface area contributed by atoms with Crippen LogP contribution in [-0.4, -0.2) is 71.3 Å². The van der Waals surface area contributed by atoms with Crippen LogP contribution in [0.3, 0.4) is 0 Å². The first-order chi connectivity index (χ1) is 12.6. The molecule has 4 rings (SSSR count). The van der Waals surface area contributed by atoms with Gasteiger partial charge in [0.15, 0.2) is 0 Å². The number of para-hydroxylation sites is 1. The van der Waals surface area contributed by atoms with Gasteiger partial charge in [-0.1, -0.05) is 18.2 Å². The summed E-state index contributed by atoms with van der Waals surface area (Å²) in [5.74, 6) is -0.0378. The van der Waals surface area contributed by atoms with Gasteiger partial charge in [-0.25, -0.2) is 4.79 Å². The Hall–Kier alpha value is -2.57. The second-order valence-electron chi connectivity index (χ2n) is 7.29. The van der Waals surface area contributed by atoms with Crippen LogP contribution in [0.15, 0.2) is 30.3 Å². The second-order valence-corrected chi connectivity index (χ2v) is 7.29. The molecule has 1 atom stereocenters. The monoisotopic (exact) mass is 356 g/mol. The number of likely N-dealkylation sites (tertiary alicyclic amines) is 1. The number of rotatable bonds is 3. The molecule has 2 aliphatic heterocycles. The molecule has 1 unspecified atom stereocenters. The van der Waals surface area contributed by atoms with Crippen LogP contribution in [0, 0.1) is 5.92 Å². The Kier molecular flexibility index (Phi) is 4.53. The summed E-state index contributed by atoms with van der Waals surface area (Å²) < 4.78 is 0. The largest absolute Gasteiger partial charge is 0.339 e. The number of piperazine rings is 1. The Labute approximate surface area is 152 Å². The van der Waals surface area contributed by atoms with E-state index in [1.54, 1.807) is 9.80 Å². The summed E-state index contributed by atoms with van der Waals surface area (Å²) in [7, 11) is 0. The third kappa shape index (κ3) is 3.52. The first kappa shape index (κ1) is 16.9. The average Bonchev–Trinajstić information content (AvgIpc) is 3.44. The maximum Gasteiger partial charge on any atom is 0.321 e. The van der Waals surface area contributed by atoms with Crippen molar-refractivity contribution in [2.45, 2.75) is 25.3 Å². The van der Waals surface area contributed by atoms with Gasteiger partial charge < -0.3 is 20.0 Å². The van der Waals surface area contributed by atoms with Crippen molar-refractivity contribution >= 4 is 23.5 Å². The molecule has 2 heterocycles. The van der Waals surface area contributed by atoms with E-state index in [1.807, 2.05) is 35.2 Å². The molecule has 7 nitrogen and oxygen atoms in total. The zero-order valence-corrected chi connectivity index (χ0v) is 14.8. The SMILES string of the molecule is O=C(Nc1ccccc1)N1CCN(C(=O)C2CC(=O)N(C3CC3)C2)CC1. The maximum atomic E-state index is 12.7. The van der Waals surface area contributed by atoms with Gasteiger partial charge in [0, 0.05) is 50.9 Å². The molecule has 1 saturated carbocycles. The number of nitrogens with zero attached hydrogens (tertiary/aromatic N) is 3. The summed E-state index contributed by atoms with van der Waals surface area (Å²) in [6, 6.07) is 9.58. The normalized spacial score (nSPS) is 23.3. The van der Waals surface area contributed by atoms with Crippen molar-refractivity contribution in [3.8, 4) is 0 Å². The molecule has 26 heavy (non-hydrogen) atoms. The van der Waals surface area contributed by atoms with Crippen molar-refractivity contribution in [2.24, 2.45) is 5.92 Å². The number of hydrogen-bond acceptors (Lipinski definition) is 3. The molecule has 1 aromatic carbocycles. The highest BCUT2D eigenvalue weighted by Crippen LogP contribution is 2.33. The minimum atomic E-state index is -0.215. The summed E-state index contributed by atoms with van der Waals surface area (Å²) in [6.07, 6.45) is 2.48. The highest BCUT2D eigenvalue weighted by molar-refractivity contribution is 5.91. The number of nitrogens with one attached hydrogen (secondary N) is 1. The third-order valence-electron chi connectivity index (χ3n) is 5.40. The summed E-state index contributed by atoms with van der Waals surface area (Å²) in [5.41, 5.74) is 0.764. The number of benzene rings is 1. The van der Waals surface area contributed by atoms with Crippen LogP contribution in [0.1, 0.15) is 19.3 Å². The molecule has 1 N–H and O–H groups in total. The minimum Gasteiger partial charge on any atom is -0.339 e. The Morgan fingerprint density at radius 1 is 0.962 bits per heavy atom. The molecule has 1 aliphatic carbocycles. The first-order valence-corrected chi connectivity index (χ1v) is 9.31.